The Morgan fingerprint density at radius 2 is 2.00 bits per heavy atom. The Morgan fingerprint density at radius 1 is 1.35 bits per heavy atom. The highest BCUT2D eigenvalue weighted by Crippen LogP contribution is 2.13. The third-order valence-corrected chi connectivity index (χ3v) is 1.93. The second-order valence-electron chi connectivity index (χ2n) is 3.12. The van der Waals surface area contributed by atoms with Crippen LogP contribution in [0.2, 0.25) is 0 Å². The van der Waals surface area contributed by atoms with E-state index in [0.717, 1.165) is 17.1 Å². The van der Waals surface area contributed by atoms with Crippen LogP contribution < -0.4 is 4.90 Å². The molecule has 0 heterocycles. The van der Waals surface area contributed by atoms with Crippen molar-refractivity contribution in [2.24, 2.45) is 0 Å². The van der Waals surface area contributed by atoms with Crippen LogP contribution >= 0.6 is 0 Å². The third-order valence-electron chi connectivity index (χ3n) is 1.93. The number of rotatable bonds is 4. The third kappa shape index (κ3) is 3.80. The molecule has 0 saturated heterocycles. The standard InChI is InChI=1S/C12H10N2O3/c13-8-4-7-11(15)14(9-12(16)17)10-5-2-1-3-6-10/h1-7H,9H2,(H,16,17)/b7-4+. The van der Waals surface area contributed by atoms with E-state index in [2.05, 4.69) is 0 Å². The lowest BCUT2D eigenvalue weighted by atomic mass is 10.2. The summed E-state index contributed by atoms with van der Waals surface area (Å²) in [5.74, 6) is -1.66. The molecule has 1 aromatic rings. The number of para-hydroxylation sites is 1. The van der Waals surface area contributed by atoms with Crippen molar-refractivity contribution in [3.8, 4) is 6.07 Å². The van der Waals surface area contributed by atoms with Crippen molar-refractivity contribution in [1.29, 1.82) is 5.26 Å². The maximum absolute atomic E-state index is 11.7. The first kappa shape index (κ1) is 12.5. The molecule has 86 valence electrons. The highest BCUT2D eigenvalue weighted by molar-refractivity contribution is 6.04. The number of hydrogen-bond donors (Lipinski definition) is 1. The number of aliphatic carboxylic acids is 1. The quantitative estimate of drug-likeness (QED) is 0.622. The van der Waals surface area contributed by atoms with Crippen LogP contribution in [0.5, 0.6) is 0 Å². The SMILES string of the molecule is N#C/C=C/C(=O)N(CC(=O)O)c1ccccc1. The van der Waals surface area contributed by atoms with Crippen LogP contribution in [0, 0.1) is 11.3 Å². The van der Waals surface area contributed by atoms with Gasteiger partial charge in [-0.2, -0.15) is 5.26 Å². The van der Waals surface area contributed by atoms with Gasteiger partial charge in [0.1, 0.15) is 6.54 Å². The molecule has 0 aliphatic heterocycles. The summed E-state index contributed by atoms with van der Waals surface area (Å²) >= 11 is 0. The fourth-order valence-electron chi connectivity index (χ4n) is 1.24. The Hall–Kier alpha value is -2.61. The number of nitriles is 1. The lowest BCUT2D eigenvalue weighted by Crippen LogP contribution is -2.34. The minimum atomic E-state index is -1.12. The predicted molar refractivity (Wildman–Crippen MR) is 61.2 cm³/mol. The zero-order chi connectivity index (χ0) is 12.7. The van der Waals surface area contributed by atoms with Crippen LogP contribution in [0.25, 0.3) is 0 Å². The van der Waals surface area contributed by atoms with Gasteiger partial charge in [0, 0.05) is 17.8 Å². The van der Waals surface area contributed by atoms with E-state index in [4.69, 9.17) is 10.4 Å². The zero-order valence-corrected chi connectivity index (χ0v) is 8.91. The summed E-state index contributed by atoms with van der Waals surface area (Å²) in [5.41, 5.74) is 0.475. The monoisotopic (exact) mass is 230 g/mol. The number of carboxylic acids is 1. The van der Waals surface area contributed by atoms with Crippen LogP contribution in [0.15, 0.2) is 42.5 Å². The Morgan fingerprint density at radius 3 is 2.53 bits per heavy atom. The lowest BCUT2D eigenvalue weighted by Gasteiger charge is -2.18. The fourth-order valence-corrected chi connectivity index (χ4v) is 1.24. The van der Waals surface area contributed by atoms with E-state index in [-0.39, 0.29) is 0 Å². The molecule has 0 aromatic heterocycles. The molecule has 0 unspecified atom stereocenters. The van der Waals surface area contributed by atoms with Gasteiger partial charge >= 0.3 is 5.97 Å². The summed E-state index contributed by atoms with van der Waals surface area (Å²) in [4.78, 5) is 23.4. The molecule has 0 bridgehead atoms. The summed E-state index contributed by atoms with van der Waals surface area (Å²) in [6.45, 7) is -0.446. The minimum Gasteiger partial charge on any atom is -0.480 e. The number of allylic oxidation sites excluding steroid dienone is 1. The zero-order valence-electron chi connectivity index (χ0n) is 8.91. The second kappa shape index (κ2) is 6.08. The molecule has 0 aliphatic carbocycles. The highest BCUT2D eigenvalue weighted by Gasteiger charge is 2.15. The van der Waals surface area contributed by atoms with Crippen LogP contribution in [0.4, 0.5) is 5.69 Å². The molecule has 17 heavy (non-hydrogen) atoms. The van der Waals surface area contributed by atoms with Crippen LogP contribution in [0.1, 0.15) is 0 Å². The van der Waals surface area contributed by atoms with E-state index < -0.39 is 18.4 Å². The number of anilines is 1. The molecule has 1 N–H and O–H groups in total. The van der Waals surface area contributed by atoms with Crippen molar-refractivity contribution in [2.75, 3.05) is 11.4 Å². The van der Waals surface area contributed by atoms with Gasteiger partial charge in [-0.1, -0.05) is 18.2 Å². The Balaban J connectivity index is 2.97. The van der Waals surface area contributed by atoms with Gasteiger partial charge in [0.05, 0.1) is 6.07 Å². The van der Waals surface area contributed by atoms with E-state index in [1.165, 1.54) is 0 Å². The lowest BCUT2D eigenvalue weighted by molar-refractivity contribution is -0.136. The summed E-state index contributed by atoms with van der Waals surface area (Å²) < 4.78 is 0. The summed E-state index contributed by atoms with van der Waals surface area (Å²) in [6, 6.07) is 10.1. The normalized spacial score (nSPS) is 9.82. The van der Waals surface area contributed by atoms with Gasteiger partial charge in [0.25, 0.3) is 5.91 Å². The van der Waals surface area contributed by atoms with Crippen molar-refractivity contribution in [2.45, 2.75) is 0 Å². The van der Waals surface area contributed by atoms with Crippen molar-refractivity contribution >= 4 is 17.6 Å². The second-order valence-corrected chi connectivity index (χ2v) is 3.12. The molecular weight excluding hydrogens is 220 g/mol. The van der Waals surface area contributed by atoms with Crippen molar-refractivity contribution < 1.29 is 14.7 Å². The molecule has 1 rings (SSSR count). The van der Waals surface area contributed by atoms with Crippen molar-refractivity contribution in [1.82, 2.24) is 0 Å². The number of carbonyl (C=O) groups is 2. The van der Waals surface area contributed by atoms with Gasteiger partial charge in [-0.15, -0.1) is 0 Å². The molecule has 0 saturated carbocycles. The largest absolute Gasteiger partial charge is 0.480 e. The minimum absolute atomic E-state index is 0.446. The molecule has 0 fully saturated rings. The Kier molecular flexibility index (Phi) is 4.45. The Labute approximate surface area is 98.2 Å². The number of nitrogens with zero attached hydrogens (tertiary/aromatic N) is 2. The van der Waals surface area contributed by atoms with E-state index in [1.54, 1.807) is 36.4 Å². The van der Waals surface area contributed by atoms with E-state index in [1.807, 2.05) is 0 Å². The number of benzene rings is 1. The fraction of sp³-hybridized carbons (Fsp3) is 0.0833. The average Bonchev–Trinajstić information content (AvgIpc) is 2.34. The topological polar surface area (TPSA) is 81.4 Å². The number of amides is 1. The molecule has 0 atom stereocenters. The molecule has 1 aromatic carbocycles. The van der Waals surface area contributed by atoms with Gasteiger partial charge < -0.3 is 5.11 Å². The molecular formula is C12H10N2O3. The summed E-state index contributed by atoms with van der Waals surface area (Å²) in [7, 11) is 0. The van der Waals surface area contributed by atoms with Gasteiger partial charge in [0.15, 0.2) is 0 Å². The van der Waals surface area contributed by atoms with E-state index in [0.29, 0.717) is 5.69 Å². The van der Waals surface area contributed by atoms with E-state index in [9.17, 15) is 9.59 Å². The summed E-state index contributed by atoms with van der Waals surface area (Å²) in [5, 5.41) is 17.1. The average molecular weight is 230 g/mol. The maximum Gasteiger partial charge on any atom is 0.323 e. The van der Waals surface area contributed by atoms with Crippen molar-refractivity contribution in [3.63, 3.8) is 0 Å². The molecule has 1 amide bonds. The van der Waals surface area contributed by atoms with Gasteiger partial charge in [-0.25, -0.2) is 0 Å². The first-order chi connectivity index (χ1) is 8.15. The first-order valence-corrected chi connectivity index (χ1v) is 4.79. The van der Waals surface area contributed by atoms with Crippen molar-refractivity contribution in [3.05, 3.63) is 42.5 Å². The molecule has 0 spiro atoms. The molecule has 0 radical (unpaired) electrons. The summed E-state index contributed by atoms with van der Waals surface area (Å²) in [6.07, 6.45) is 2.05. The molecule has 0 aliphatic rings. The van der Waals surface area contributed by atoms with Crippen LogP contribution in [0.3, 0.4) is 0 Å². The van der Waals surface area contributed by atoms with Crippen LogP contribution in [-0.4, -0.2) is 23.5 Å². The number of carboxylic acid groups (broad SMARTS) is 1. The highest BCUT2D eigenvalue weighted by atomic mass is 16.4. The van der Waals surface area contributed by atoms with Crippen LogP contribution in [-0.2, 0) is 9.59 Å². The van der Waals surface area contributed by atoms with Gasteiger partial charge in [-0.3, -0.25) is 14.5 Å². The van der Waals surface area contributed by atoms with Gasteiger partial charge in [0.2, 0.25) is 0 Å². The van der Waals surface area contributed by atoms with E-state index >= 15 is 0 Å². The number of carbonyl (C=O) groups excluding carboxylic acids is 1. The number of hydrogen-bond acceptors (Lipinski definition) is 3. The first-order valence-electron chi connectivity index (χ1n) is 4.79. The Bertz CT molecular complexity index is 474. The molecule has 5 nitrogen and oxygen atoms in total. The van der Waals surface area contributed by atoms with Gasteiger partial charge in [-0.05, 0) is 12.1 Å². The smallest absolute Gasteiger partial charge is 0.323 e. The maximum atomic E-state index is 11.7. The predicted octanol–water partition coefficient (Wildman–Crippen LogP) is 1.18. The molecule has 5 heteroatoms.